The van der Waals surface area contributed by atoms with Crippen molar-refractivity contribution in [3.8, 4) is 5.69 Å². The Bertz CT molecular complexity index is 879. The van der Waals surface area contributed by atoms with E-state index in [2.05, 4.69) is 10.2 Å². The summed E-state index contributed by atoms with van der Waals surface area (Å²) in [7, 11) is 0. The molecular formula is C18H17N3O2. The summed E-state index contributed by atoms with van der Waals surface area (Å²) in [4.78, 5) is 23.6. The third-order valence-corrected chi connectivity index (χ3v) is 3.73. The highest BCUT2D eigenvalue weighted by molar-refractivity contribution is 5.94. The molecule has 5 nitrogen and oxygen atoms in total. The lowest BCUT2D eigenvalue weighted by Gasteiger charge is -2.07. The second-order valence-corrected chi connectivity index (χ2v) is 5.37. The van der Waals surface area contributed by atoms with Gasteiger partial charge in [0.2, 0.25) is 0 Å². The van der Waals surface area contributed by atoms with Gasteiger partial charge in [0.1, 0.15) is 5.82 Å². The molecule has 0 saturated heterocycles. The molecule has 1 heterocycles. The minimum Gasteiger partial charge on any atom is -0.295 e. The van der Waals surface area contributed by atoms with E-state index in [1.54, 1.807) is 24.3 Å². The van der Waals surface area contributed by atoms with Crippen LogP contribution in [0.25, 0.3) is 5.69 Å². The van der Waals surface area contributed by atoms with Gasteiger partial charge in [-0.2, -0.15) is 5.10 Å². The molecule has 0 radical (unpaired) electrons. The van der Waals surface area contributed by atoms with Gasteiger partial charge in [0, 0.05) is 12.0 Å². The molecule has 0 saturated carbocycles. The molecule has 116 valence electrons. The Morgan fingerprint density at radius 3 is 2.61 bits per heavy atom. The molecule has 0 unspecified atom stereocenters. The normalized spacial score (nSPS) is 10.7. The molecule has 23 heavy (non-hydrogen) atoms. The number of ketones is 1. The average molecular weight is 307 g/mol. The molecule has 5 heteroatoms. The topological polar surface area (TPSA) is 67.8 Å². The smallest absolute Gasteiger partial charge is 0.295 e. The third kappa shape index (κ3) is 3.29. The van der Waals surface area contributed by atoms with Crippen LogP contribution in [0.2, 0.25) is 0 Å². The number of aromatic nitrogens is 3. The summed E-state index contributed by atoms with van der Waals surface area (Å²) < 4.78 is 1.52. The van der Waals surface area contributed by atoms with Gasteiger partial charge < -0.3 is 0 Å². The van der Waals surface area contributed by atoms with Crippen LogP contribution in [0.4, 0.5) is 0 Å². The second-order valence-electron chi connectivity index (χ2n) is 5.37. The quantitative estimate of drug-likeness (QED) is 0.737. The number of Topliss-reactive ketones (excluding diaryl/α,β-unsaturated/α-hetero) is 1. The van der Waals surface area contributed by atoms with Crippen LogP contribution in [0.15, 0.2) is 59.4 Å². The van der Waals surface area contributed by atoms with Crippen LogP contribution in [0.1, 0.15) is 28.7 Å². The van der Waals surface area contributed by atoms with E-state index in [1.165, 1.54) is 17.1 Å². The summed E-state index contributed by atoms with van der Waals surface area (Å²) in [5.74, 6) is 0.619. The molecule has 0 aliphatic heterocycles. The highest BCUT2D eigenvalue weighted by Crippen LogP contribution is 2.12. The number of hydrogen-bond acceptors (Lipinski definition) is 3. The van der Waals surface area contributed by atoms with Crippen LogP contribution in [-0.4, -0.2) is 20.5 Å². The second kappa shape index (κ2) is 6.44. The standard InChI is InChI=1S/C18H17N3O2/c1-13(22)15-8-5-9-16(12-15)21-17(19-20-18(21)23)11-10-14-6-3-2-4-7-14/h2-9,12H,10-11H2,1H3,(H,20,23). The Morgan fingerprint density at radius 1 is 1.09 bits per heavy atom. The molecule has 0 spiro atoms. The lowest BCUT2D eigenvalue weighted by molar-refractivity contribution is 0.101. The Hall–Kier alpha value is -2.95. The van der Waals surface area contributed by atoms with Gasteiger partial charge >= 0.3 is 5.69 Å². The van der Waals surface area contributed by atoms with E-state index in [4.69, 9.17) is 0 Å². The van der Waals surface area contributed by atoms with Crippen molar-refractivity contribution in [2.24, 2.45) is 0 Å². The van der Waals surface area contributed by atoms with Gasteiger partial charge in [-0.3, -0.25) is 4.79 Å². The highest BCUT2D eigenvalue weighted by atomic mass is 16.1. The summed E-state index contributed by atoms with van der Waals surface area (Å²) in [6, 6.07) is 17.1. The van der Waals surface area contributed by atoms with Crippen molar-refractivity contribution in [1.29, 1.82) is 0 Å². The Kier molecular flexibility index (Phi) is 4.19. The largest absolute Gasteiger partial charge is 0.347 e. The molecular weight excluding hydrogens is 290 g/mol. The lowest BCUT2D eigenvalue weighted by Crippen LogP contribution is -2.17. The van der Waals surface area contributed by atoms with Crippen molar-refractivity contribution in [1.82, 2.24) is 14.8 Å². The van der Waals surface area contributed by atoms with Gasteiger partial charge in [-0.05, 0) is 31.0 Å². The summed E-state index contributed by atoms with van der Waals surface area (Å²) in [5.41, 5.74) is 2.12. The highest BCUT2D eigenvalue weighted by Gasteiger charge is 2.11. The number of nitrogens with zero attached hydrogens (tertiary/aromatic N) is 2. The fourth-order valence-corrected chi connectivity index (χ4v) is 2.53. The zero-order valence-corrected chi connectivity index (χ0v) is 12.8. The first-order chi connectivity index (χ1) is 11.1. The first-order valence-corrected chi connectivity index (χ1v) is 7.47. The van der Waals surface area contributed by atoms with Gasteiger partial charge in [-0.1, -0.05) is 42.5 Å². The number of hydrogen-bond donors (Lipinski definition) is 1. The first-order valence-electron chi connectivity index (χ1n) is 7.47. The molecule has 0 aliphatic carbocycles. The van der Waals surface area contributed by atoms with Crippen molar-refractivity contribution < 1.29 is 4.79 Å². The molecule has 0 fully saturated rings. The van der Waals surface area contributed by atoms with Crippen LogP contribution in [0.5, 0.6) is 0 Å². The van der Waals surface area contributed by atoms with E-state index >= 15 is 0 Å². The summed E-state index contributed by atoms with van der Waals surface area (Å²) >= 11 is 0. The van der Waals surface area contributed by atoms with Gasteiger partial charge in [-0.25, -0.2) is 14.5 Å². The SMILES string of the molecule is CC(=O)c1cccc(-n2c(CCc3ccccc3)n[nH]c2=O)c1. The Balaban J connectivity index is 1.91. The van der Waals surface area contributed by atoms with Gasteiger partial charge in [-0.15, -0.1) is 0 Å². The third-order valence-electron chi connectivity index (χ3n) is 3.73. The van der Waals surface area contributed by atoms with Crippen LogP contribution < -0.4 is 5.69 Å². The Labute approximate surface area is 133 Å². The van der Waals surface area contributed by atoms with E-state index in [0.717, 1.165) is 6.42 Å². The first kappa shape index (κ1) is 15.0. The van der Waals surface area contributed by atoms with Crippen molar-refractivity contribution in [3.05, 3.63) is 82.0 Å². The molecule has 1 aromatic heterocycles. The zero-order valence-electron chi connectivity index (χ0n) is 12.8. The molecule has 0 bridgehead atoms. The average Bonchev–Trinajstić information content (AvgIpc) is 2.95. The minimum atomic E-state index is -0.297. The van der Waals surface area contributed by atoms with Crippen molar-refractivity contribution in [2.75, 3.05) is 0 Å². The van der Waals surface area contributed by atoms with Crippen LogP contribution in [0, 0.1) is 0 Å². The fourth-order valence-electron chi connectivity index (χ4n) is 2.53. The van der Waals surface area contributed by atoms with Crippen molar-refractivity contribution in [2.45, 2.75) is 19.8 Å². The van der Waals surface area contributed by atoms with E-state index in [1.807, 2.05) is 30.3 Å². The number of H-pyrrole nitrogens is 1. The molecule has 0 amide bonds. The molecule has 2 aromatic carbocycles. The maximum absolute atomic E-state index is 12.1. The van der Waals surface area contributed by atoms with Gasteiger partial charge in [0.25, 0.3) is 0 Å². The number of rotatable bonds is 5. The molecule has 3 aromatic rings. The zero-order chi connectivity index (χ0) is 16.2. The predicted molar refractivity (Wildman–Crippen MR) is 88.0 cm³/mol. The Morgan fingerprint density at radius 2 is 1.87 bits per heavy atom. The summed E-state index contributed by atoms with van der Waals surface area (Å²) in [6.45, 7) is 1.51. The van der Waals surface area contributed by atoms with E-state index in [-0.39, 0.29) is 11.5 Å². The van der Waals surface area contributed by atoms with E-state index in [0.29, 0.717) is 23.5 Å². The predicted octanol–water partition coefficient (Wildman–Crippen LogP) is 2.55. The maximum Gasteiger partial charge on any atom is 0.347 e. The molecule has 0 aliphatic rings. The number of carbonyl (C=O) groups is 1. The number of benzene rings is 2. The number of aromatic amines is 1. The van der Waals surface area contributed by atoms with E-state index in [9.17, 15) is 9.59 Å². The van der Waals surface area contributed by atoms with Crippen molar-refractivity contribution >= 4 is 5.78 Å². The number of nitrogens with one attached hydrogen (secondary N) is 1. The van der Waals surface area contributed by atoms with Gasteiger partial charge in [0.15, 0.2) is 5.78 Å². The van der Waals surface area contributed by atoms with E-state index < -0.39 is 0 Å². The summed E-state index contributed by atoms with van der Waals surface area (Å²) in [6.07, 6.45) is 1.42. The van der Waals surface area contributed by atoms with Crippen LogP contribution in [0.3, 0.4) is 0 Å². The number of aryl methyl sites for hydroxylation is 2. The van der Waals surface area contributed by atoms with Crippen molar-refractivity contribution in [3.63, 3.8) is 0 Å². The summed E-state index contributed by atoms with van der Waals surface area (Å²) in [5, 5.41) is 6.62. The fraction of sp³-hybridized carbons (Fsp3) is 0.167. The van der Waals surface area contributed by atoms with Crippen LogP contribution in [-0.2, 0) is 12.8 Å². The monoisotopic (exact) mass is 307 g/mol. The maximum atomic E-state index is 12.1. The molecule has 1 N–H and O–H groups in total. The lowest BCUT2D eigenvalue weighted by atomic mass is 10.1. The minimum absolute atomic E-state index is 0.0331. The number of carbonyl (C=O) groups excluding carboxylic acids is 1. The van der Waals surface area contributed by atoms with Crippen LogP contribution >= 0.6 is 0 Å². The molecule has 0 atom stereocenters. The molecule has 3 rings (SSSR count). The van der Waals surface area contributed by atoms with Gasteiger partial charge in [0.05, 0.1) is 5.69 Å².